The van der Waals surface area contributed by atoms with Crippen molar-refractivity contribution in [3.8, 4) is 0 Å². The molecule has 3 rings (SSSR count). The van der Waals surface area contributed by atoms with Crippen molar-refractivity contribution in [2.24, 2.45) is 0 Å². The van der Waals surface area contributed by atoms with Gasteiger partial charge in [-0.1, -0.05) is 0 Å². The molecule has 2 atom stereocenters. The lowest BCUT2D eigenvalue weighted by molar-refractivity contribution is 0.0674. The Balaban J connectivity index is 2.07. The standard InChI is InChI=1S/C14H17FN4O2/c1-7-3-11(12-8(2)17-18-13(12)16-7)14(21)19-5-9(15)4-10(19)6-20/h3,9-10,20H,4-6H2,1-2H3,(H,16,17,18)/t9-,10-/m0/s1. The third-order valence-electron chi connectivity index (χ3n) is 3.90. The molecule has 1 aliphatic rings. The number of aliphatic hydroxyl groups excluding tert-OH is 1. The van der Waals surface area contributed by atoms with E-state index in [1.807, 2.05) is 6.92 Å². The van der Waals surface area contributed by atoms with Gasteiger partial charge in [0.1, 0.15) is 6.17 Å². The van der Waals surface area contributed by atoms with E-state index in [0.717, 1.165) is 5.69 Å². The van der Waals surface area contributed by atoms with E-state index in [1.54, 1.807) is 13.0 Å². The first kappa shape index (κ1) is 13.9. The Morgan fingerprint density at radius 1 is 1.57 bits per heavy atom. The number of aromatic nitrogens is 3. The summed E-state index contributed by atoms with van der Waals surface area (Å²) in [6, 6.07) is 1.22. The molecule has 0 bridgehead atoms. The van der Waals surface area contributed by atoms with Crippen LogP contribution in [0.3, 0.4) is 0 Å². The number of carbonyl (C=O) groups excluding carboxylic acids is 1. The minimum absolute atomic E-state index is 0.0177. The molecular formula is C14H17FN4O2. The molecule has 0 spiro atoms. The van der Waals surface area contributed by atoms with Crippen molar-refractivity contribution in [1.82, 2.24) is 20.1 Å². The minimum atomic E-state index is -1.09. The third-order valence-corrected chi connectivity index (χ3v) is 3.90. The van der Waals surface area contributed by atoms with Crippen LogP contribution in [-0.4, -0.2) is 56.5 Å². The molecule has 1 amide bonds. The summed E-state index contributed by atoms with van der Waals surface area (Å²) < 4.78 is 13.6. The average molecular weight is 292 g/mol. The summed E-state index contributed by atoms with van der Waals surface area (Å²) >= 11 is 0. The molecule has 2 aromatic rings. The summed E-state index contributed by atoms with van der Waals surface area (Å²) in [6.07, 6.45) is -0.908. The Hall–Kier alpha value is -2.02. The molecule has 0 radical (unpaired) electrons. The van der Waals surface area contributed by atoms with Crippen LogP contribution < -0.4 is 0 Å². The van der Waals surface area contributed by atoms with Crippen LogP contribution in [0.2, 0.25) is 0 Å². The fraction of sp³-hybridized carbons (Fsp3) is 0.500. The smallest absolute Gasteiger partial charge is 0.255 e. The molecule has 0 aromatic carbocycles. The normalized spacial score (nSPS) is 22.2. The zero-order chi connectivity index (χ0) is 15.1. The molecule has 2 N–H and O–H groups in total. The monoisotopic (exact) mass is 292 g/mol. The molecule has 7 heteroatoms. The quantitative estimate of drug-likeness (QED) is 0.869. The van der Waals surface area contributed by atoms with E-state index in [9.17, 15) is 14.3 Å². The SMILES string of the molecule is Cc1cc(C(=O)N2C[C@@H](F)C[C@H]2CO)c2c(C)[nH]nc2n1. The van der Waals surface area contributed by atoms with Crippen molar-refractivity contribution in [3.63, 3.8) is 0 Å². The van der Waals surface area contributed by atoms with Crippen molar-refractivity contribution in [2.45, 2.75) is 32.5 Å². The molecule has 112 valence electrons. The van der Waals surface area contributed by atoms with Crippen LogP contribution in [0.25, 0.3) is 11.0 Å². The zero-order valence-corrected chi connectivity index (χ0v) is 11.9. The highest BCUT2D eigenvalue weighted by atomic mass is 19.1. The predicted octanol–water partition coefficient (Wildman–Crippen LogP) is 1.12. The van der Waals surface area contributed by atoms with Crippen molar-refractivity contribution >= 4 is 16.9 Å². The van der Waals surface area contributed by atoms with Crippen LogP contribution in [0.1, 0.15) is 28.2 Å². The number of fused-ring (bicyclic) bond motifs is 1. The van der Waals surface area contributed by atoms with Crippen molar-refractivity contribution in [3.05, 3.63) is 23.0 Å². The van der Waals surface area contributed by atoms with E-state index in [4.69, 9.17) is 0 Å². The molecule has 0 saturated carbocycles. The van der Waals surface area contributed by atoms with Crippen LogP contribution in [-0.2, 0) is 0 Å². The van der Waals surface area contributed by atoms with Gasteiger partial charge in [0.25, 0.3) is 5.91 Å². The number of aromatic amines is 1. The lowest BCUT2D eigenvalue weighted by atomic mass is 10.1. The van der Waals surface area contributed by atoms with Gasteiger partial charge in [-0.05, 0) is 19.9 Å². The van der Waals surface area contributed by atoms with E-state index < -0.39 is 12.2 Å². The zero-order valence-electron chi connectivity index (χ0n) is 11.9. The van der Waals surface area contributed by atoms with Crippen LogP contribution in [0.4, 0.5) is 4.39 Å². The highest BCUT2D eigenvalue weighted by Gasteiger charge is 2.36. The predicted molar refractivity (Wildman–Crippen MR) is 74.8 cm³/mol. The number of halogens is 1. The van der Waals surface area contributed by atoms with E-state index in [-0.39, 0.29) is 25.5 Å². The lowest BCUT2D eigenvalue weighted by Crippen LogP contribution is -2.38. The second-order valence-electron chi connectivity index (χ2n) is 5.49. The van der Waals surface area contributed by atoms with Gasteiger partial charge in [-0.3, -0.25) is 9.89 Å². The number of aliphatic hydroxyl groups is 1. The van der Waals surface area contributed by atoms with Gasteiger partial charge in [-0.15, -0.1) is 0 Å². The number of H-pyrrole nitrogens is 1. The van der Waals surface area contributed by atoms with Crippen LogP contribution >= 0.6 is 0 Å². The maximum Gasteiger partial charge on any atom is 0.255 e. The van der Waals surface area contributed by atoms with Crippen molar-refractivity contribution < 1.29 is 14.3 Å². The summed E-state index contributed by atoms with van der Waals surface area (Å²) in [6.45, 7) is 3.38. The van der Waals surface area contributed by atoms with Crippen molar-refractivity contribution in [2.75, 3.05) is 13.2 Å². The number of nitrogens with one attached hydrogen (secondary N) is 1. The number of nitrogens with zero attached hydrogens (tertiary/aromatic N) is 3. The number of aryl methyl sites for hydroxylation is 2. The third kappa shape index (κ3) is 2.27. The molecule has 1 saturated heterocycles. The van der Waals surface area contributed by atoms with Gasteiger partial charge in [0, 0.05) is 17.8 Å². The largest absolute Gasteiger partial charge is 0.394 e. The Bertz CT molecular complexity index is 700. The van der Waals surface area contributed by atoms with Crippen molar-refractivity contribution in [1.29, 1.82) is 0 Å². The molecule has 1 fully saturated rings. The van der Waals surface area contributed by atoms with Gasteiger partial charge in [-0.2, -0.15) is 5.10 Å². The number of likely N-dealkylation sites (tertiary alicyclic amines) is 1. The number of amides is 1. The summed E-state index contributed by atoms with van der Waals surface area (Å²) in [7, 11) is 0. The second kappa shape index (κ2) is 5.07. The first-order chi connectivity index (χ1) is 10.0. The average Bonchev–Trinajstić information content (AvgIpc) is 3.00. The Morgan fingerprint density at radius 3 is 3.05 bits per heavy atom. The number of hydrogen-bond donors (Lipinski definition) is 2. The summed E-state index contributed by atoms with van der Waals surface area (Å²) in [4.78, 5) is 18.4. The van der Waals surface area contributed by atoms with E-state index in [0.29, 0.717) is 22.3 Å². The topological polar surface area (TPSA) is 82.1 Å². The molecule has 6 nitrogen and oxygen atoms in total. The Labute approximate surface area is 121 Å². The van der Waals surface area contributed by atoms with E-state index in [1.165, 1.54) is 4.90 Å². The molecule has 1 aliphatic heterocycles. The Morgan fingerprint density at radius 2 is 2.33 bits per heavy atom. The Kier molecular flexibility index (Phi) is 3.36. The van der Waals surface area contributed by atoms with Gasteiger partial charge in [0.05, 0.1) is 30.1 Å². The summed E-state index contributed by atoms with van der Waals surface area (Å²) in [5.41, 5.74) is 2.36. The fourth-order valence-corrected chi connectivity index (χ4v) is 2.90. The van der Waals surface area contributed by atoms with E-state index >= 15 is 0 Å². The van der Waals surface area contributed by atoms with Gasteiger partial charge >= 0.3 is 0 Å². The summed E-state index contributed by atoms with van der Waals surface area (Å²) in [5, 5.41) is 16.9. The molecule has 2 aromatic heterocycles. The lowest BCUT2D eigenvalue weighted by Gasteiger charge is -2.23. The molecule has 21 heavy (non-hydrogen) atoms. The van der Waals surface area contributed by atoms with Crippen LogP contribution in [0, 0.1) is 13.8 Å². The minimum Gasteiger partial charge on any atom is -0.394 e. The fourth-order valence-electron chi connectivity index (χ4n) is 2.90. The van der Waals surface area contributed by atoms with Crippen LogP contribution in [0.5, 0.6) is 0 Å². The first-order valence-corrected chi connectivity index (χ1v) is 6.89. The molecule has 3 heterocycles. The molecule has 0 unspecified atom stereocenters. The van der Waals surface area contributed by atoms with Crippen LogP contribution in [0.15, 0.2) is 6.07 Å². The number of pyridine rings is 1. The van der Waals surface area contributed by atoms with Gasteiger partial charge in [0.15, 0.2) is 5.65 Å². The summed E-state index contributed by atoms with van der Waals surface area (Å²) in [5.74, 6) is -0.283. The number of carbonyl (C=O) groups is 1. The number of hydrogen-bond acceptors (Lipinski definition) is 4. The first-order valence-electron chi connectivity index (χ1n) is 6.89. The molecular weight excluding hydrogens is 275 g/mol. The van der Waals surface area contributed by atoms with Gasteiger partial charge in [0.2, 0.25) is 0 Å². The highest BCUT2D eigenvalue weighted by molar-refractivity contribution is 6.06. The highest BCUT2D eigenvalue weighted by Crippen LogP contribution is 2.26. The molecule has 0 aliphatic carbocycles. The number of rotatable bonds is 2. The van der Waals surface area contributed by atoms with Gasteiger partial charge < -0.3 is 10.0 Å². The van der Waals surface area contributed by atoms with E-state index in [2.05, 4.69) is 15.2 Å². The maximum absolute atomic E-state index is 13.6. The number of alkyl halides is 1. The second-order valence-corrected chi connectivity index (χ2v) is 5.49. The maximum atomic E-state index is 13.6. The van der Waals surface area contributed by atoms with Gasteiger partial charge in [-0.25, -0.2) is 9.37 Å².